The molecule has 1 rings (SSSR count). The van der Waals surface area contributed by atoms with E-state index in [-0.39, 0.29) is 18.9 Å². The molecule has 11 heavy (non-hydrogen) atoms. The van der Waals surface area contributed by atoms with Gasteiger partial charge < -0.3 is 4.74 Å². The number of hydrogen-bond donors (Lipinski definition) is 0. The van der Waals surface area contributed by atoms with Crippen LogP contribution in [0.25, 0.3) is 0 Å². The van der Waals surface area contributed by atoms with Gasteiger partial charge in [0.05, 0.1) is 6.61 Å². The van der Waals surface area contributed by atoms with E-state index in [1.807, 2.05) is 0 Å². The topological polar surface area (TPSA) is 9.23 Å². The summed E-state index contributed by atoms with van der Waals surface area (Å²) < 4.78 is 6.91. The van der Waals surface area contributed by atoms with Crippen LogP contribution in [0.15, 0.2) is 10.7 Å². The summed E-state index contributed by atoms with van der Waals surface area (Å²) in [7, 11) is 0. The van der Waals surface area contributed by atoms with E-state index < -0.39 is 13.1 Å². The molecule has 0 spiro atoms. The SMILES string of the molecule is [CH3][Al-]([CH3])([CH3])[C]1=CCCCO1.[Li+]. The maximum atomic E-state index is 5.58. The third-order valence-electron chi connectivity index (χ3n) is 1.82. The maximum Gasteiger partial charge on any atom is 1.00 e. The van der Waals surface area contributed by atoms with Gasteiger partial charge in [-0.15, -0.1) is 4.62 Å². The molecule has 0 aliphatic carbocycles. The quantitative estimate of drug-likeness (QED) is 0.475. The Morgan fingerprint density at radius 1 is 1.36 bits per heavy atom. The van der Waals surface area contributed by atoms with Crippen molar-refractivity contribution in [1.29, 1.82) is 0 Å². The third-order valence-corrected chi connectivity index (χ3v) is 3.93. The van der Waals surface area contributed by atoms with Crippen molar-refractivity contribution in [2.24, 2.45) is 0 Å². The Kier molecular flexibility index (Phi) is 4.92. The van der Waals surface area contributed by atoms with E-state index in [1.165, 1.54) is 17.5 Å². The second-order valence-corrected chi connectivity index (χ2v) is 9.96. The normalized spacial score (nSPS) is 17.9. The minimum absolute atomic E-state index is 0. The number of rotatable bonds is 1. The fourth-order valence-electron chi connectivity index (χ4n) is 1.18. The summed E-state index contributed by atoms with van der Waals surface area (Å²) in [6.45, 7) is 0.948. The van der Waals surface area contributed by atoms with Gasteiger partial charge in [-0.25, -0.2) is 0 Å². The first-order valence-electron chi connectivity index (χ1n) is 4.21. The number of allylic oxidation sites excluding steroid dienone is 1. The minimum atomic E-state index is -1.38. The second kappa shape index (κ2) is 4.64. The van der Waals surface area contributed by atoms with E-state index in [9.17, 15) is 0 Å². The van der Waals surface area contributed by atoms with Crippen LogP contribution in [0.3, 0.4) is 0 Å². The molecule has 0 saturated heterocycles. The predicted octanol–water partition coefficient (Wildman–Crippen LogP) is -0.438. The molecule has 0 N–H and O–H groups in total. The Balaban J connectivity index is 0.000001000. The molecule has 1 nitrogen and oxygen atoms in total. The molecule has 0 unspecified atom stereocenters. The van der Waals surface area contributed by atoms with Crippen LogP contribution in [-0.4, -0.2) is 19.7 Å². The summed E-state index contributed by atoms with van der Waals surface area (Å²) >= 11 is -1.38. The molecule has 0 aromatic heterocycles. The molecule has 3 heteroatoms. The first kappa shape index (κ1) is 11.7. The van der Waals surface area contributed by atoms with E-state index in [0.717, 1.165) is 6.61 Å². The summed E-state index contributed by atoms with van der Waals surface area (Å²) in [5.74, 6) is 7.05. The third kappa shape index (κ3) is 3.73. The molecule has 1 heterocycles. The van der Waals surface area contributed by atoms with E-state index in [0.29, 0.717) is 0 Å². The van der Waals surface area contributed by atoms with Crippen molar-refractivity contribution >= 4 is 13.1 Å². The van der Waals surface area contributed by atoms with E-state index in [4.69, 9.17) is 4.74 Å². The fraction of sp³-hybridized carbons (Fsp3) is 0.750. The summed E-state index contributed by atoms with van der Waals surface area (Å²) in [6.07, 6.45) is 4.72. The van der Waals surface area contributed by atoms with Crippen molar-refractivity contribution in [3.8, 4) is 0 Å². The Bertz CT molecular complexity index is 149. The van der Waals surface area contributed by atoms with Gasteiger partial charge in [-0.3, -0.25) is 0 Å². The van der Waals surface area contributed by atoms with Gasteiger partial charge in [0, 0.05) is 0 Å². The molecule has 1 aliphatic rings. The molecular weight excluding hydrogens is 146 g/mol. The van der Waals surface area contributed by atoms with E-state index >= 15 is 0 Å². The van der Waals surface area contributed by atoms with Crippen molar-refractivity contribution in [3.63, 3.8) is 0 Å². The molecule has 0 atom stereocenters. The van der Waals surface area contributed by atoms with Gasteiger partial charge in [-0.1, -0.05) is 6.08 Å². The average Bonchev–Trinajstić information content (AvgIpc) is 1.88. The molecule has 0 bridgehead atoms. The monoisotopic (exact) mass is 162 g/mol. The predicted molar refractivity (Wildman–Crippen MR) is 46.6 cm³/mol. The standard InChI is InChI=1S/C5H7O.3CH3.Al.Li/c1-2-4-6-5-3-1;;;;;/h2H,1,3,5H2;3*1H3;;/q;;;;-1;+1. The molecule has 58 valence electrons. The Labute approximate surface area is 84.1 Å². The van der Waals surface area contributed by atoms with Gasteiger partial charge in [0.2, 0.25) is 13.1 Å². The summed E-state index contributed by atoms with van der Waals surface area (Å²) in [5, 5.41) is 0. The van der Waals surface area contributed by atoms with Crippen LogP contribution in [0, 0.1) is 0 Å². The molecular formula is C8H16AlLiO. The van der Waals surface area contributed by atoms with Crippen molar-refractivity contribution in [2.75, 3.05) is 6.61 Å². The van der Waals surface area contributed by atoms with Crippen LogP contribution in [0.5, 0.6) is 0 Å². The van der Waals surface area contributed by atoms with Crippen molar-refractivity contribution < 1.29 is 23.6 Å². The zero-order chi connectivity index (χ0) is 7.61. The first-order chi connectivity index (χ1) is 4.61. The van der Waals surface area contributed by atoms with Crippen LogP contribution >= 0.6 is 0 Å². The van der Waals surface area contributed by atoms with Crippen LogP contribution < -0.4 is 18.9 Å². The van der Waals surface area contributed by atoms with Gasteiger partial charge in [-0.05, 0) is 12.8 Å². The molecule has 0 fully saturated rings. The zero-order valence-electron chi connectivity index (χ0n) is 8.18. The van der Waals surface area contributed by atoms with Crippen LogP contribution in [0.1, 0.15) is 12.8 Å². The molecule has 1 aliphatic heterocycles. The van der Waals surface area contributed by atoms with Crippen LogP contribution in [-0.2, 0) is 4.74 Å². The van der Waals surface area contributed by atoms with E-state index in [2.05, 4.69) is 23.4 Å². The van der Waals surface area contributed by atoms with Gasteiger partial charge in [0.15, 0.2) is 0 Å². The van der Waals surface area contributed by atoms with Crippen molar-refractivity contribution in [1.82, 2.24) is 0 Å². The Morgan fingerprint density at radius 2 is 2.00 bits per heavy atom. The van der Waals surface area contributed by atoms with Crippen LogP contribution in [0.2, 0.25) is 17.4 Å². The van der Waals surface area contributed by atoms with Gasteiger partial charge in [0.1, 0.15) is 0 Å². The van der Waals surface area contributed by atoms with E-state index in [1.54, 1.807) is 0 Å². The Hall–Kier alpha value is 0.670. The second-order valence-electron chi connectivity index (χ2n) is 4.20. The zero-order valence-corrected chi connectivity index (χ0v) is 9.34. The van der Waals surface area contributed by atoms with Crippen LogP contribution in [0.4, 0.5) is 0 Å². The van der Waals surface area contributed by atoms with Gasteiger partial charge in [0.25, 0.3) is 0 Å². The van der Waals surface area contributed by atoms with Gasteiger partial charge in [-0.2, -0.15) is 17.4 Å². The van der Waals surface area contributed by atoms with Gasteiger partial charge >= 0.3 is 18.9 Å². The van der Waals surface area contributed by atoms with Crippen molar-refractivity contribution in [3.05, 3.63) is 10.7 Å². The largest absolute Gasteiger partial charge is 1.00 e. The fourth-order valence-corrected chi connectivity index (χ4v) is 2.67. The molecule has 0 aromatic carbocycles. The van der Waals surface area contributed by atoms with Crippen molar-refractivity contribution in [2.45, 2.75) is 30.2 Å². The minimum Gasteiger partial charge on any atom is -0.547 e. The first-order valence-corrected chi connectivity index (χ1v) is 8.25. The average molecular weight is 162 g/mol. The Morgan fingerprint density at radius 3 is 2.27 bits per heavy atom. The maximum absolute atomic E-state index is 5.58. The molecule has 0 saturated carbocycles. The summed E-state index contributed by atoms with van der Waals surface area (Å²) in [5.41, 5.74) is 0. The summed E-state index contributed by atoms with van der Waals surface area (Å²) in [4.78, 5) is 0. The number of hydrogen-bond acceptors (Lipinski definition) is 1. The number of ether oxygens (including phenoxy) is 1. The summed E-state index contributed by atoms with van der Waals surface area (Å²) in [6, 6.07) is 0. The molecule has 0 radical (unpaired) electrons. The smallest absolute Gasteiger partial charge is 0.547 e. The molecule has 0 amide bonds. The molecule has 0 aromatic rings.